The van der Waals surface area contributed by atoms with Crippen LogP contribution in [0.4, 0.5) is 0 Å². The van der Waals surface area contributed by atoms with Gasteiger partial charge >= 0.3 is 11.6 Å². The van der Waals surface area contributed by atoms with Crippen molar-refractivity contribution in [1.82, 2.24) is 10.6 Å². The van der Waals surface area contributed by atoms with Crippen LogP contribution >= 0.6 is 0 Å². The molecule has 0 fully saturated rings. The molecule has 0 radical (unpaired) electrons. The SMILES string of the molecule is Cc1oc2c(C)c3oc(=O)c(CC(=O)NC(Cc4ccccc4)C(=O)NCC(=O)O)c(C)c3cc2c1C. The first-order valence-electron chi connectivity index (χ1n) is 11.8. The predicted octanol–water partition coefficient (Wildman–Crippen LogP) is 3.24. The molecule has 0 saturated carbocycles. The van der Waals surface area contributed by atoms with Crippen molar-refractivity contribution >= 4 is 39.7 Å². The van der Waals surface area contributed by atoms with Crippen molar-refractivity contribution in [1.29, 1.82) is 0 Å². The molecule has 0 aliphatic rings. The lowest BCUT2D eigenvalue weighted by Crippen LogP contribution is -2.49. The van der Waals surface area contributed by atoms with E-state index < -0.39 is 36.0 Å². The lowest BCUT2D eigenvalue weighted by molar-refractivity contribution is -0.138. The molecule has 9 nitrogen and oxygen atoms in total. The molecule has 0 aliphatic heterocycles. The first-order valence-corrected chi connectivity index (χ1v) is 11.8. The standard InChI is InChI=1S/C28H28N2O7/c1-14-17(4)36-25-16(3)26-20(11-19(14)25)15(2)21(28(35)37-26)12-23(31)30-22(27(34)29-13-24(32)33)10-18-8-6-5-7-9-18/h5-9,11,22H,10,12-13H2,1-4H3,(H,29,34)(H,30,31)(H,32,33). The summed E-state index contributed by atoms with van der Waals surface area (Å²) in [5, 5.41) is 15.5. The molecular formula is C28H28N2O7. The number of nitrogens with one attached hydrogen (secondary N) is 2. The molecule has 0 aliphatic carbocycles. The van der Waals surface area contributed by atoms with E-state index in [1.165, 1.54) is 0 Å². The van der Waals surface area contributed by atoms with E-state index in [1.54, 1.807) is 31.2 Å². The summed E-state index contributed by atoms with van der Waals surface area (Å²) >= 11 is 0. The molecule has 4 rings (SSSR count). The average Bonchev–Trinajstić information content (AvgIpc) is 3.15. The van der Waals surface area contributed by atoms with Gasteiger partial charge in [-0.2, -0.15) is 0 Å². The summed E-state index contributed by atoms with van der Waals surface area (Å²) in [6.45, 7) is 6.84. The molecular weight excluding hydrogens is 476 g/mol. The third kappa shape index (κ3) is 5.25. The van der Waals surface area contributed by atoms with Gasteiger partial charge in [0.25, 0.3) is 0 Å². The van der Waals surface area contributed by atoms with Crippen molar-refractivity contribution in [3.05, 3.63) is 80.4 Å². The van der Waals surface area contributed by atoms with Crippen LogP contribution in [0.1, 0.15) is 33.6 Å². The number of hydrogen-bond donors (Lipinski definition) is 3. The number of carbonyl (C=O) groups excluding carboxylic acids is 2. The Kier molecular flexibility index (Phi) is 7.15. The Morgan fingerprint density at radius 2 is 1.57 bits per heavy atom. The number of furan rings is 1. The topological polar surface area (TPSA) is 139 Å². The average molecular weight is 505 g/mol. The number of carboxylic acid groups (broad SMARTS) is 1. The fourth-order valence-electron chi connectivity index (χ4n) is 4.45. The van der Waals surface area contributed by atoms with Gasteiger partial charge in [0.15, 0.2) is 0 Å². The summed E-state index contributed by atoms with van der Waals surface area (Å²) in [5.74, 6) is -1.62. The third-order valence-electron chi connectivity index (χ3n) is 6.63. The molecule has 192 valence electrons. The molecule has 4 aromatic rings. The molecule has 2 aromatic carbocycles. The number of carboxylic acids is 1. The zero-order valence-corrected chi connectivity index (χ0v) is 21.1. The number of amides is 2. The predicted molar refractivity (Wildman–Crippen MR) is 138 cm³/mol. The van der Waals surface area contributed by atoms with Gasteiger partial charge in [-0.1, -0.05) is 30.3 Å². The maximum atomic E-state index is 13.0. The van der Waals surface area contributed by atoms with Gasteiger partial charge in [0, 0.05) is 22.8 Å². The molecule has 1 unspecified atom stereocenters. The Hall–Kier alpha value is -4.40. The van der Waals surface area contributed by atoms with Crippen LogP contribution in [0.15, 0.2) is 50.0 Å². The van der Waals surface area contributed by atoms with Crippen molar-refractivity contribution in [3.63, 3.8) is 0 Å². The molecule has 2 amide bonds. The first kappa shape index (κ1) is 25.7. The van der Waals surface area contributed by atoms with Crippen LogP contribution in [0.25, 0.3) is 21.9 Å². The van der Waals surface area contributed by atoms with Crippen molar-refractivity contribution < 1.29 is 28.3 Å². The highest BCUT2D eigenvalue weighted by molar-refractivity contribution is 6.00. The molecule has 37 heavy (non-hydrogen) atoms. The zero-order chi connectivity index (χ0) is 26.9. The second kappa shape index (κ2) is 10.3. The monoisotopic (exact) mass is 504 g/mol. The fraction of sp³-hybridized carbons (Fsp3) is 0.286. The van der Waals surface area contributed by atoms with Crippen LogP contribution in [-0.4, -0.2) is 35.5 Å². The highest BCUT2D eigenvalue weighted by Crippen LogP contribution is 2.34. The van der Waals surface area contributed by atoms with Gasteiger partial charge in [0.2, 0.25) is 11.8 Å². The highest BCUT2D eigenvalue weighted by atomic mass is 16.4. The minimum absolute atomic E-state index is 0.152. The number of hydrogen-bond acceptors (Lipinski definition) is 6. The van der Waals surface area contributed by atoms with Crippen LogP contribution in [0.3, 0.4) is 0 Å². The molecule has 0 saturated heterocycles. The summed E-state index contributed by atoms with van der Waals surface area (Å²) in [6.07, 6.45) is -0.151. The molecule has 1 atom stereocenters. The van der Waals surface area contributed by atoms with Gasteiger partial charge in [-0.25, -0.2) is 4.79 Å². The van der Waals surface area contributed by atoms with E-state index in [9.17, 15) is 19.2 Å². The number of fused-ring (bicyclic) bond motifs is 2. The zero-order valence-electron chi connectivity index (χ0n) is 21.1. The van der Waals surface area contributed by atoms with E-state index in [0.29, 0.717) is 27.7 Å². The van der Waals surface area contributed by atoms with Gasteiger partial charge in [-0.3, -0.25) is 14.4 Å². The van der Waals surface area contributed by atoms with Gasteiger partial charge in [-0.15, -0.1) is 0 Å². The quantitative estimate of drug-likeness (QED) is 0.313. The number of rotatable bonds is 8. The lowest BCUT2D eigenvalue weighted by Gasteiger charge is -2.18. The smallest absolute Gasteiger partial charge is 0.340 e. The van der Waals surface area contributed by atoms with Gasteiger partial charge in [-0.05, 0) is 50.5 Å². The second-order valence-corrected chi connectivity index (χ2v) is 9.13. The number of benzene rings is 2. The van der Waals surface area contributed by atoms with Crippen LogP contribution < -0.4 is 16.3 Å². The summed E-state index contributed by atoms with van der Waals surface area (Å²) in [4.78, 5) is 49.5. The Labute approximate surface area is 212 Å². The van der Waals surface area contributed by atoms with Crippen LogP contribution in [0.2, 0.25) is 0 Å². The number of carbonyl (C=O) groups is 3. The van der Waals surface area contributed by atoms with Crippen LogP contribution in [0, 0.1) is 27.7 Å². The Morgan fingerprint density at radius 3 is 2.24 bits per heavy atom. The Bertz CT molecular complexity index is 1580. The molecule has 2 heterocycles. The summed E-state index contributed by atoms with van der Waals surface area (Å²) in [6, 6.07) is 9.90. The van der Waals surface area contributed by atoms with Gasteiger partial charge in [0.1, 0.15) is 29.5 Å². The van der Waals surface area contributed by atoms with E-state index >= 15 is 0 Å². The minimum Gasteiger partial charge on any atom is -0.480 e. The summed E-state index contributed by atoms with van der Waals surface area (Å²) in [5.41, 5.74) is 3.70. The largest absolute Gasteiger partial charge is 0.480 e. The van der Waals surface area contributed by atoms with Crippen molar-refractivity contribution in [2.45, 2.75) is 46.6 Å². The molecule has 9 heteroatoms. The minimum atomic E-state index is -1.20. The molecule has 2 aromatic heterocycles. The van der Waals surface area contributed by atoms with E-state index in [0.717, 1.165) is 22.3 Å². The summed E-state index contributed by atoms with van der Waals surface area (Å²) in [7, 11) is 0. The van der Waals surface area contributed by atoms with Crippen molar-refractivity contribution in [2.24, 2.45) is 0 Å². The van der Waals surface area contributed by atoms with Crippen LogP contribution in [0.5, 0.6) is 0 Å². The normalized spacial score (nSPS) is 12.0. The Balaban J connectivity index is 1.64. The molecule has 0 spiro atoms. The van der Waals surface area contributed by atoms with Crippen molar-refractivity contribution in [2.75, 3.05) is 6.54 Å². The van der Waals surface area contributed by atoms with Gasteiger partial charge in [0.05, 0.1) is 12.0 Å². The fourth-order valence-corrected chi connectivity index (χ4v) is 4.45. The van der Waals surface area contributed by atoms with E-state index in [-0.39, 0.29) is 18.4 Å². The maximum Gasteiger partial charge on any atom is 0.340 e. The highest BCUT2D eigenvalue weighted by Gasteiger charge is 2.24. The summed E-state index contributed by atoms with van der Waals surface area (Å²) < 4.78 is 11.5. The number of aryl methyl sites for hydroxylation is 4. The second-order valence-electron chi connectivity index (χ2n) is 9.13. The lowest BCUT2D eigenvalue weighted by atomic mass is 9.98. The third-order valence-corrected chi connectivity index (χ3v) is 6.63. The van der Waals surface area contributed by atoms with Gasteiger partial charge < -0.3 is 24.6 Å². The molecule has 0 bridgehead atoms. The van der Waals surface area contributed by atoms with E-state index in [2.05, 4.69) is 10.6 Å². The molecule has 3 N–H and O–H groups in total. The Morgan fingerprint density at radius 1 is 0.919 bits per heavy atom. The van der Waals surface area contributed by atoms with E-state index in [4.69, 9.17) is 13.9 Å². The van der Waals surface area contributed by atoms with Crippen molar-refractivity contribution in [3.8, 4) is 0 Å². The van der Waals surface area contributed by atoms with E-state index in [1.807, 2.05) is 32.9 Å². The first-order chi connectivity index (χ1) is 17.6. The maximum absolute atomic E-state index is 13.0. The van der Waals surface area contributed by atoms with Crippen LogP contribution in [-0.2, 0) is 27.2 Å². The number of aliphatic carboxylic acids is 1.